The first-order valence-corrected chi connectivity index (χ1v) is 6.99. The molecule has 0 unspecified atom stereocenters. The zero-order valence-corrected chi connectivity index (χ0v) is 9.83. The third kappa shape index (κ3) is 1.82. The van der Waals surface area contributed by atoms with Gasteiger partial charge in [-0.1, -0.05) is 11.6 Å². The van der Waals surface area contributed by atoms with Crippen molar-refractivity contribution in [1.29, 1.82) is 0 Å². The monoisotopic (exact) mass is 251 g/mol. The molecule has 3 nitrogen and oxygen atoms in total. The van der Waals surface area contributed by atoms with E-state index in [9.17, 15) is 8.42 Å². The summed E-state index contributed by atoms with van der Waals surface area (Å²) in [6.45, 7) is 1.27. The lowest BCUT2D eigenvalue weighted by atomic mass is 10.4. The molecule has 1 saturated heterocycles. The maximum absolute atomic E-state index is 11.9. The predicted octanol–water partition coefficient (Wildman–Crippen LogP) is 2.19. The van der Waals surface area contributed by atoms with Crippen molar-refractivity contribution >= 4 is 33.0 Å². The van der Waals surface area contributed by atoms with Crippen molar-refractivity contribution in [2.75, 3.05) is 13.1 Å². The molecule has 0 aromatic carbocycles. The Kier molecular flexibility index (Phi) is 2.83. The van der Waals surface area contributed by atoms with Crippen LogP contribution in [0, 0.1) is 0 Å². The second-order valence-corrected chi connectivity index (χ2v) is 7.05. The van der Waals surface area contributed by atoms with Gasteiger partial charge in [-0.15, -0.1) is 11.3 Å². The SMILES string of the molecule is O=S(=O)(c1ccc(Cl)s1)N1CCCC1. The molecule has 0 bridgehead atoms. The lowest BCUT2D eigenvalue weighted by Gasteiger charge is -2.13. The fourth-order valence-electron chi connectivity index (χ4n) is 1.49. The molecule has 0 N–H and O–H groups in total. The molecule has 0 aliphatic carbocycles. The van der Waals surface area contributed by atoms with Gasteiger partial charge in [0.2, 0.25) is 0 Å². The first-order chi connectivity index (χ1) is 6.60. The van der Waals surface area contributed by atoms with Crippen molar-refractivity contribution in [2.24, 2.45) is 0 Å². The minimum absolute atomic E-state index is 0.351. The van der Waals surface area contributed by atoms with Crippen LogP contribution in [0.25, 0.3) is 0 Å². The quantitative estimate of drug-likeness (QED) is 0.808. The Bertz CT molecular complexity index is 420. The van der Waals surface area contributed by atoms with Crippen molar-refractivity contribution in [3.63, 3.8) is 0 Å². The lowest BCUT2D eigenvalue weighted by molar-refractivity contribution is 0.479. The van der Waals surface area contributed by atoms with Crippen LogP contribution in [-0.4, -0.2) is 25.8 Å². The molecule has 2 rings (SSSR count). The number of hydrogen-bond acceptors (Lipinski definition) is 3. The molecule has 0 spiro atoms. The smallest absolute Gasteiger partial charge is 0.206 e. The molecular weight excluding hydrogens is 242 g/mol. The molecule has 0 amide bonds. The van der Waals surface area contributed by atoms with E-state index >= 15 is 0 Å². The van der Waals surface area contributed by atoms with Gasteiger partial charge < -0.3 is 0 Å². The van der Waals surface area contributed by atoms with Crippen LogP contribution < -0.4 is 0 Å². The molecule has 1 fully saturated rings. The first kappa shape index (κ1) is 10.4. The minimum atomic E-state index is -3.25. The summed E-state index contributed by atoms with van der Waals surface area (Å²) in [6, 6.07) is 3.19. The Morgan fingerprint density at radius 2 is 1.93 bits per heavy atom. The highest BCUT2D eigenvalue weighted by molar-refractivity contribution is 7.91. The fraction of sp³-hybridized carbons (Fsp3) is 0.500. The highest BCUT2D eigenvalue weighted by Crippen LogP contribution is 2.29. The van der Waals surface area contributed by atoms with Crippen molar-refractivity contribution in [3.05, 3.63) is 16.5 Å². The van der Waals surface area contributed by atoms with Gasteiger partial charge in [0.25, 0.3) is 10.0 Å². The normalized spacial score (nSPS) is 18.9. The molecule has 6 heteroatoms. The minimum Gasteiger partial charge on any atom is -0.206 e. The molecule has 1 aromatic heterocycles. The van der Waals surface area contributed by atoms with Crippen molar-refractivity contribution in [2.45, 2.75) is 17.1 Å². The molecule has 0 radical (unpaired) electrons. The van der Waals surface area contributed by atoms with Gasteiger partial charge in [-0.2, -0.15) is 4.31 Å². The zero-order valence-electron chi connectivity index (χ0n) is 7.44. The summed E-state index contributed by atoms with van der Waals surface area (Å²) in [4.78, 5) is 0. The predicted molar refractivity (Wildman–Crippen MR) is 57.3 cm³/mol. The van der Waals surface area contributed by atoms with Crippen LogP contribution in [0.2, 0.25) is 4.34 Å². The third-order valence-electron chi connectivity index (χ3n) is 2.21. The van der Waals surface area contributed by atoms with E-state index in [-0.39, 0.29) is 0 Å². The van der Waals surface area contributed by atoms with E-state index < -0.39 is 10.0 Å². The molecule has 78 valence electrons. The topological polar surface area (TPSA) is 37.4 Å². The summed E-state index contributed by atoms with van der Waals surface area (Å²) in [5, 5.41) is 0. The van der Waals surface area contributed by atoms with E-state index in [4.69, 9.17) is 11.6 Å². The summed E-state index contributed by atoms with van der Waals surface area (Å²) in [6.07, 6.45) is 1.91. The Morgan fingerprint density at radius 3 is 2.43 bits per heavy atom. The average molecular weight is 252 g/mol. The van der Waals surface area contributed by atoms with Crippen LogP contribution in [0.1, 0.15) is 12.8 Å². The van der Waals surface area contributed by atoms with Crippen LogP contribution in [0.15, 0.2) is 16.3 Å². The van der Waals surface area contributed by atoms with Crippen LogP contribution in [0.3, 0.4) is 0 Å². The second-order valence-electron chi connectivity index (χ2n) is 3.17. The Labute approximate surface area is 92.3 Å². The lowest BCUT2D eigenvalue weighted by Crippen LogP contribution is -2.27. The van der Waals surface area contributed by atoms with Crippen molar-refractivity contribution in [1.82, 2.24) is 4.31 Å². The number of halogens is 1. The van der Waals surface area contributed by atoms with E-state index in [0.29, 0.717) is 21.6 Å². The summed E-state index contributed by atoms with van der Waals surface area (Å²) in [7, 11) is -3.25. The molecule has 2 heterocycles. The van der Waals surface area contributed by atoms with Gasteiger partial charge in [0, 0.05) is 13.1 Å². The third-order valence-corrected chi connectivity index (χ3v) is 5.80. The Hall–Kier alpha value is -0.100. The van der Waals surface area contributed by atoms with Crippen LogP contribution in [0.5, 0.6) is 0 Å². The molecule has 1 aromatic rings. The maximum Gasteiger partial charge on any atom is 0.252 e. The molecule has 0 saturated carbocycles. The van der Waals surface area contributed by atoms with E-state index in [1.807, 2.05) is 0 Å². The van der Waals surface area contributed by atoms with Crippen LogP contribution in [0.4, 0.5) is 0 Å². The molecule has 14 heavy (non-hydrogen) atoms. The van der Waals surface area contributed by atoms with Gasteiger partial charge in [-0.25, -0.2) is 8.42 Å². The highest BCUT2D eigenvalue weighted by atomic mass is 35.5. The van der Waals surface area contributed by atoms with E-state index in [1.54, 1.807) is 12.1 Å². The largest absolute Gasteiger partial charge is 0.252 e. The van der Waals surface area contributed by atoms with Gasteiger partial charge in [0.05, 0.1) is 4.34 Å². The van der Waals surface area contributed by atoms with Gasteiger partial charge in [-0.3, -0.25) is 0 Å². The van der Waals surface area contributed by atoms with Crippen LogP contribution >= 0.6 is 22.9 Å². The molecule has 1 aliphatic rings. The number of nitrogens with zero attached hydrogens (tertiary/aromatic N) is 1. The Balaban J connectivity index is 2.32. The van der Waals surface area contributed by atoms with Gasteiger partial charge >= 0.3 is 0 Å². The molecule has 1 aliphatic heterocycles. The number of sulfonamides is 1. The van der Waals surface area contributed by atoms with Crippen molar-refractivity contribution in [3.8, 4) is 0 Å². The number of thiophene rings is 1. The van der Waals surface area contributed by atoms with E-state index in [1.165, 1.54) is 4.31 Å². The van der Waals surface area contributed by atoms with E-state index in [0.717, 1.165) is 24.2 Å². The first-order valence-electron chi connectivity index (χ1n) is 4.36. The van der Waals surface area contributed by atoms with Crippen LogP contribution in [-0.2, 0) is 10.0 Å². The van der Waals surface area contributed by atoms with Crippen molar-refractivity contribution < 1.29 is 8.42 Å². The number of hydrogen-bond donors (Lipinski definition) is 0. The van der Waals surface area contributed by atoms with Gasteiger partial charge in [-0.05, 0) is 25.0 Å². The standard InChI is InChI=1S/C8H10ClNO2S2/c9-7-3-4-8(13-7)14(11,12)10-5-1-2-6-10/h3-4H,1-2,5-6H2. The number of rotatable bonds is 2. The summed E-state index contributed by atoms with van der Waals surface area (Å²) in [5.74, 6) is 0. The van der Waals surface area contributed by atoms with Gasteiger partial charge in [0.15, 0.2) is 0 Å². The zero-order chi connectivity index (χ0) is 10.2. The molecule has 0 atom stereocenters. The Morgan fingerprint density at radius 1 is 1.29 bits per heavy atom. The summed E-state index contributed by atoms with van der Waals surface area (Å²) < 4.78 is 26.2. The van der Waals surface area contributed by atoms with E-state index in [2.05, 4.69) is 0 Å². The maximum atomic E-state index is 11.9. The average Bonchev–Trinajstić information content (AvgIpc) is 2.72. The fourth-order valence-corrected chi connectivity index (χ4v) is 4.65. The second kappa shape index (κ2) is 3.81. The van der Waals surface area contributed by atoms with Gasteiger partial charge in [0.1, 0.15) is 4.21 Å². The highest BCUT2D eigenvalue weighted by Gasteiger charge is 2.28. The molecular formula is C8H10ClNO2S2. The summed E-state index contributed by atoms with van der Waals surface area (Å²) >= 11 is 6.83. The summed E-state index contributed by atoms with van der Waals surface area (Å²) in [5.41, 5.74) is 0.